The molecule has 1 amide bonds. The van der Waals surface area contributed by atoms with E-state index in [1.165, 1.54) is 12.1 Å². The lowest BCUT2D eigenvalue weighted by Gasteiger charge is -2.34. The van der Waals surface area contributed by atoms with Crippen LogP contribution >= 0.6 is 0 Å². The molecule has 0 aliphatic carbocycles. The van der Waals surface area contributed by atoms with Crippen LogP contribution in [0.2, 0.25) is 0 Å². The molecule has 0 spiro atoms. The van der Waals surface area contributed by atoms with E-state index in [4.69, 9.17) is 10.5 Å². The largest absolute Gasteiger partial charge is 0.573 e. The predicted molar refractivity (Wildman–Crippen MR) is 73.3 cm³/mol. The zero-order valence-electron chi connectivity index (χ0n) is 11.8. The van der Waals surface area contributed by atoms with Crippen LogP contribution in [0.3, 0.4) is 0 Å². The van der Waals surface area contributed by atoms with Crippen LogP contribution in [0, 0.1) is 5.41 Å². The van der Waals surface area contributed by atoms with Crippen molar-refractivity contribution in [2.45, 2.75) is 19.2 Å². The SMILES string of the molecule is NCC1(C(=O)Nc2ccc(OC(F)(F)F)cc2)CCOCC1. The number of nitrogens with two attached hydrogens (primary N) is 1. The molecule has 0 bridgehead atoms. The summed E-state index contributed by atoms with van der Waals surface area (Å²) < 4.78 is 45.2. The quantitative estimate of drug-likeness (QED) is 0.893. The van der Waals surface area contributed by atoms with E-state index in [2.05, 4.69) is 10.1 Å². The number of hydrogen-bond acceptors (Lipinski definition) is 4. The van der Waals surface area contributed by atoms with Crippen LogP contribution < -0.4 is 15.8 Å². The highest BCUT2D eigenvalue weighted by molar-refractivity contribution is 5.95. The Morgan fingerprint density at radius 1 is 1.27 bits per heavy atom. The number of carbonyl (C=O) groups is 1. The maximum atomic E-state index is 12.4. The Morgan fingerprint density at radius 2 is 1.86 bits per heavy atom. The summed E-state index contributed by atoms with van der Waals surface area (Å²) in [6.07, 6.45) is -3.70. The highest BCUT2D eigenvalue weighted by Gasteiger charge is 2.38. The predicted octanol–water partition coefficient (Wildman–Crippen LogP) is 2.28. The molecule has 22 heavy (non-hydrogen) atoms. The van der Waals surface area contributed by atoms with E-state index in [-0.39, 0.29) is 18.2 Å². The van der Waals surface area contributed by atoms with Gasteiger partial charge in [0.05, 0.1) is 5.41 Å². The van der Waals surface area contributed by atoms with Crippen molar-refractivity contribution in [2.24, 2.45) is 11.1 Å². The lowest BCUT2D eigenvalue weighted by atomic mass is 9.79. The van der Waals surface area contributed by atoms with Crippen molar-refractivity contribution in [3.8, 4) is 5.75 Å². The summed E-state index contributed by atoms with van der Waals surface area (Å²) >= 11 is 0. The average molecular weight is 318 g/mol. The van der Waals surface area contributed by atoms with Crippen LogP contribution in [0.25, 0.3) is 0 Å². The average Bonchev–Trinajstić information content (AvgIpc) is 2.48. The Hall–Kier alpha value is -1.80. The molecule has 1 fully saturated rings. The van der Waals surface area contributed by atoms with Gasteiger partial charge in [0.15, 0.2) is 0 Å². The molecule has 122 valence electrons. The van der Waals surface area contributed by atoms with E-state index in [0.717, 1.165) is 12.1 Å². The molecular weight excluding hydrogens is 301 g/mol. The van der Waals surface area contributed by atoms with Crippen LogP contribution in [0.1, 0.15) is 12.8 Å². The van der Waals surface area contributed by atoms with Crippen LogP contribution in [0.4, 0.5) is 18.9 Å². The van der Waals surface area contributed by atoms with Crippen LogP contribution in [-0.4, -0.2) is 32.0 Å². The van der Waals surface area contributed by atoms with E-state index in [0.29, 0.717) is 31.7 Å². The molecule has 0 atom stereocenters. The van der Waals surface area contributed by atoms with Gasteiger partial charge in [-0.15, -0.1) is 13.2 Å². The molecule has 0 aromatic heterocycles. The molecule has 3 N–H and O–H groups in total. The molecule has 1 saturated heterocycles. The molecule has 1 aliphatic heterocycles. The first-order chi connectivity index (χ1) is 10.3. The van der Waals surface area contributed by atoms with Crippen molar-refractivity contribution in [1.29, 1.82) is 0 Å². The number of carbonyl (C=O) groups excluding carboxylic acids is 1. The second-order valence-corrected chi connectivity index (χ2v) is 5.12. The Balaban J connectivity index is 2.02. The number of halogens is 3. The fourth-order valence-electron chi connectivity index (χ4n) is 2.29. The molecule has 1 aromatic rings. The number of ether oxygens (including phenoxy) is 2. The van der Waals surface area contributed by atoms with Gasteiger partial charge in [0.25, 0.3) is 0 Å². The molecule has 0 saturated carbocycles. The third kappa shape index (κ3) is 4.11. The van der Waals surface area contributed by atoms with E-state index >= 15 is 0 Å². The lowest BCUT2D eigenvalue weighted by Crippen LogP contribution is -2.46. The molecule has 8 heteroatoms. The van der Waals surface area contributed by atoms with Crippen molar-refractivity contribution < 1.29 is 27.4 Å². The summed E-state index contributed by atoms with van der Waals surface area (Å²) in [5.41, 5.74) is 5.42. The van der Waals surface area contributed by atoms with Crippen LogP contribution in [0.5, 0.6) is 5.75 Å². The minimum atomic E-state index is -4.74. The van der Waals surface area contributed by atoms with E-state index < -0.39 is 11.8 Å². The van der Waals surface area contributed by atoms with E-state index in [9.17, 15) is 18.0 Å². The van der Waals surface area contributed by atoms with Gasteiger partial charge in [-0.25, -0.2) is 0 Å². The highest BCUT2D eigenvalue weighted by atomic mass is 19.4. The summed E-state index contributed by atoms with van der Waals surface area (Å²) in [5, 5.41) is 2.68. The fourth-order valence-corrected chi connectivity index (χ4v) is 2.29. The third-order valence-corrected chi connectivity index (χ3v) is 3.67. The summed E-state index contributed by atoms with van der Waals surface area (Å²) in [5.74, 6) is -0.590. The van der Waals surface area contributed by atoms with Crippen molar-refractivity contribution in [3.63, 3.8) is 0 Å². The van der Waals surface area contributed by atoms with Gasteiger partial charge >= 0.3 is 6.36 Å². The second-order valence-electron chi connectivity index (χ2n) is 5.12. The first-order valence-corrected chi connectivity index (χ1v) is 6.80. The van der Waals surface area contributed by atoms with E-state index in [1.807, 2.05) is 0 Å². The zero-order chi connectivity index (χ0) is 16.2. The molecule has 1 aromatic carbocycles. The monoisotopic (exact) mass is 318 g/mol. The number of anilines is 1. The molecule has 1 aliphatic rings. The van der Waals surface area contributed by atoms with Gasteiger partial charge in [-0.05, 0) is 37.1 Å². The Kier molecular flexibility index (Phi) is 4.92. The van der Waals surface area contributed by atoms with Gasteiger partial charge in [-0.3, -0.25) is 4.79 Å². The van der Waals surface area contributed by atoms with Crippen molar-refractivity contribution >= 4 is 11.6 Å². The van der Waals surface area contributed by atoms with Crippen molar-refractivity contribution in [3.05, 3.63) is 24.3 Å². The minimum absolute atomic E-state index is 0.192. The fraction of sp³-hybridized carbons (Fsp3) is 0.500. The summed E-state index contributed by atoms with van der Waals surface area (Å²) in [6.45, 7) is 1.11. The molecular formula is C14H17F3N2O3. The van der Waals surface area contributed by atoms with Crippen LogP contribution in [-0.2, 0) is 9.53 Å². The normalized spacial score (nSPS) is 17.8. The number of amides is 1. The Labute approximate surface area is 125 Å². The molecule has 5 nitrogen and oxygen atoms in total. The maximum Gasteiger partial charge on any atom is 0.573 e. The highest BCUT2D eigenvalue weighted by Crippen LogP contribution is 2.31. The topological polar surface area (TPSA) is 73.6 Å². The summed E-state index contributed by atoms with van der Waals surface area (Å²) in [6, 6.07) is 4.98. The number of alkyl halides is 3. The van der Waals surface area contributed by atoms with Gasteiger partial charge in [0, 0.05) is 25.4 Å². The molecule has 2 rings (SSSR count). The molecule has 1 heterocycles. The van der Waals surface area contributed by atoms with Gasteiger partial charge < -0.3 is 20.5 Å². The first-order valence-electron chi connectivity index (χ1n) is 6.80. The summed E-state index contributed by atoms with van der Waals surface area (Å²) in [7, 11) is 0. The van der Waals surface area contributed by atoms with Crippen LogP contribution in [0.15, 0.2) is 24.3 Å². The standard InChI is InChI=1S/C14H17F3N2O3/c15-14(16,17)22-11-3-1-10(2-4-11)19-12(20)13(9-18)5-7-21-8-6-13/h1-4H,5-9,18H2,(H,19,20). The second kappa shape index (κ2) is 6.53. The number of hydrogen-bond donors (Lipinski definition) is 2. The molecule has 0 unspecified atom stereocenters. The van der Waals surface area contributed by atoms with Crippen molar-refractivity contribution in [1.82, 2.24) is 0 Å². The maximum absolute atomic E-state index is 12.4. The minimum Gasteiger partial charge on any atom is -0.406 e. The lowest BCUT2D eigenvalue weighted by molar-refractivity contribution is -0.274. The molecule has 0 radical (unpaired) electrons. The third-order valence-electron chi connectivity index (χ3n) is 3.67. The van der Waals surface area contributed by atoms with E-state index in [1.54, 1.807) is 0 Å². The Bertz CT molecular complexity index is 511. The van der Waals surface area contributed by atoms with Gasteiger partial charge in [0.2, 0.25) is 5.91 Å². The van der Waals surface area contributed by atoms with Crippen molar-refractivity contribution in [2.75, 3.05) is 25.1 Å². The Morgan fingerprint density at radius 3 is 2.36 bits per heavy atom. The number of benzene rings is 1. The van der Waals surface area contributed by atoms with Gasteiger partial charge in [-0.2, -0.15) is 0 Å². The smallest absolute Gasteiger partial charge is 0.406 e. The summed E-state index contributed by atoms with van der Waals surface area (Å²) in [4.78, 5) is 12.4. The number of nitrogens with one attached hydrogen (secondary N) is 1. The van der Waals surface area contributed by atoms with Gasteiger partial charge in [-0.1, -0.05) is 0 Å². The first kappa shape index (κ1) is 16.6. The number of rotatable bonds is 4. The zero-order valence-corrected chi connectivity index (χ0v) is 11.8. The van der Waals surface area contributed by atoms with Gasteiger partial charge in [0.1, 0.15) is 5.75 Å².